The molecule has 2 aliphatic rings. The first-order valence-electron chi connectivity index (χ1n) is 9.97. The number of nitrogens with one attached hydrogen (secondary N) is 1. The van der Waals surface area contributed by atoms with Crippen molar-refractivity contribution in [2.45, 2.75) is 37.8 Å². The van der Waals surface area contributed by atoms with E-state index in [1.807, 2.05) is 18.3 Å². The zero-order chi connectivity index (χ0) is 19.1. The van der Waals surface area contributed by atoms with Gasteiger partial charge in [-0.2, -0.15) is 0 Å². The van der Waals surface area contributed by atoms with Crippen LogP contribution in [0.4, 0.5) is 11.5 Å². The van der Waals surface area contributed by atoms with E-state index in [0.29, 0.717) is 13.0 Å². The van der Waals surface area contributed by atoms with E-state index < -0.39 is 0 Å². The molecule has 4 heterocycles. The number of carbonyl (C=O) groups excluding carboxylic acids is 1. The summed E-state index contributed by atoms with van der Waals surface area (Å²) in [5, 5.41) is 1.21. The molecule has 28 heavy (non-hydrogen) atoms. The van der Waals surface area contributed by atoms with Crippen LogP contribution in [0.3, 0.4) is 0 Å². The van der Waals surface area contributed by atoms with Gasteiger partial charge in [0.2, 0.25) is 5.91 Å². The molecule has 6 nitrogen and oxygen atoms in total. The van der Waals surface area contributed by atoms with Crippen molar-refractivity contribution in [1.29, 1.82) is 0 Å². The smallest absolute Gasteiger partial charge is 0.223 e. The van der Waals surface area contributed by atoms with Crippen LogP contribution in [-0.4, -0.2) is 39.4 Å². The summed E-state index contributed by atoms with van der Waals surface area (Å²) in [6.07, 6.45) is 7.27. The van der Waals surface area contributed by atoms with E-state index >= 15 is 0 Å². The number of aromatic nitrogens is 2. The maximum absolute atomic E-state index is 12.8. The van der Waals surface area contributed by atoms with Gasteiger partial charge >= 0.3 is 0 Å². The van der Waals surface area contributed by atoms with Crippen molar-refractivity contribution in [3.8, 4) is 0 Å². The van der Waals surface area contributed by atoms with Crippen molar-refractivity contribution in [1.82, 2.24) is 14.9 Å². The Kier molecular flexibility index (Phi) is 4.00. The first-order chi connectivity index (χ1) is 13.6. The molecule has 2 saturated heterocycles. The van der Waals surface area contributed by atoms with Crippen LogP contribution in [0.1, 0.15) is 31.2 Å². The number of pyridine rings is 1. The normalized spacial score (nSPS) is 19.1. The number of fused-ring (bicyclic) bond motifs is 1. The van der Waals surface area contributed by atoms with Crippen LogP contribution in [0.2, 0.25) is 0 Å². The van der Waals surface area contributed by atoms with E-state index in [4.69, 9.17) is 5.73 Å². The van der Waals surface area contributed by atoms with Crippen LogP contribution in [0, 0.1) is 0 Å². The number of H-pyrrole nitrogens is 1. The molecule has 0 unspecified atom stereocenters. The Morgan fingerprint density at radius 3 is 2.82 bits per heavy atom. The zero-order valence-electron chi connectivity index (χ0n) is 15.9. The Morgan fingerprint density at radius 2 is 2.00 bits per heavy atom. The van der Waals surface area contributed by atoms with Gasteiger partial charge in [-0.05, 0) is 43.0 Å². The van der Waals surface area contributed by atoms with Crippen molar-refractivity contribution in [2.24, 2.45) is 0 Å². The number of benzene rings is 1. The van der Waals surface area contributed by atoms with E-state index in [0.717, 1.165) is 49.4 Å². The molecule has 5 rings (SSSR count). The maximum atomic E-state index is 12.8. The lowest BCUT2D eigenvalue weighted by Gasteiger charge is -2.45. The van der Waals surface area contributed by atoms with Crippen molar-refractivity contribution < 1.29 is 4.79 Å². The van der Waals surface area contributed by atoms with Gasteiger partial charge in [0, 0.05) is 66.6 Å². The molecule has 3 N–H and O–H groups in total. The summed E-state index contributed by atoms with van der Waals surface area (Å²) in [6.45, 7) is 2.48. The van der Waals surface area contributed by atoms with Crippen LogP contribution in [0.25, 0.3) is 10.9 Å². The molecule has 1 amide bonds. The van der Waals surface area contributed by atoms with Gasteiger partial charge in [0.05, 0.1) is 0 Å². The molecule has 2 aliphatic heterocycles. The molecule has 144 valence electrons. The van der Waals surface area contributed by atoms with E-state index in [1.54, 1.807) is 6.20 Å². The number of rotatable bonds is 3. The summed E-state index contributed by atoms with van der Waals surface area (Å²) in [4.78, 5) is 25.0. The number of nitrogens with zero attached hydrogens (tertiary/aromatic N) is 3. The first kappa shape index (κ1) is 17.1. The van der Waals surface area contributed by atoms with Crippen LogP contribution < -0.4 is 10.6 Å². The number of hydrogen-bond donors (Lipinski definition) is 2. The second kappa shape index (κ2) is 6.55. The number of likely N-dealkylation sites (tertiary alicyclic amines) is 1. The number of nitrogens with two attached hydrogens (primary N) is 1. The Bertz CT molecular complexity index is 1020. The number of aromatic amines is 1. The molecular formula is C22H25N5O. The lowest BCUT2D eigenvalue weighted by atomic mass is 9.84. The van der Waals surface area contributed by atoms with Crippen LogP contribution in [0.15, 0.2) is 48.8 Å². The summed E-state index contributed by atoms with van der Waals surface area (Å²) in [5.41, 5.74) is 8.97. The van der Waals surface area contributed by atoms with Crippen molar-refractivity contribution in [2.75, 3.05) is 23.7 Å². The third-order valence-electron chi connectivity index (χ3n) is 6.48. The standard InChI is InChI=1S/C22H25N5O/c23-17-5-10-25-20(14-17)26-12-8-22(9-13-26)7-4-21(28)27(22)15-16-2-1-3-19-18(16)6-11-24-19/h1-3,5-6,10-11,14,24H,4,7-9,12-13,15H2,(H2,23,25). The van der Waals surface area contributed by atoms with E-state index in [2.05, 4.69) is 44.0 Å². The van der Waals surface area contributed by atoms with Crippen molar-refractivity contribution in [3.05, 3.63) is 54.4 Å². The summed E-state index contributed by atoms with van der Waals surface area (Å²) >= 11 is 0. The van der Waals surface area contributed by atoms with Gasteiger partial charge in [-0.3, -0.25) is 4.79 Å². The SMILES string of the molecule is Nc1ccnc(N2CCC3(CCC(=O)N3Cc3cccc4[nH]ccc34)CC2)c1. The second-order valence-electron chi connectivity index (χ2n) is 7.99. The number of piperidine rings is 1. The quantitative estimate of drug-likeness (QED) is 0.736. The highest BCUT2D eigenvalue weighted by molar-refractivity contribution is 5.84. The Hall–Kier alpha value is -3.02. The van der Waals surface area contributed by atoms with Crippen LogP contribution >= 0.6 is 0 Å². The number of nitrogen functional groups attached to an aromatic ring is 1. The molecule has 1 spiro atoms. The zero-order valence-corrected chi connectivity index (χ0v) is 15.9. The molecule has 3 aromatic rings. The second-order valence-corrected chi connectivity index (χ2v) is 7.99. The third kappa shape index (κ3) is 2.80. The first-order valence-corrected chi connectivity index (χ1v) is 9.97. The Morgan fingerprint density at radius 1 is 1.14 bits per heavy atom. The molecule has 0 atom stereocenters. The minimum Gasteiger partial charge on any atom is -0.399 e. The lowest BCUT2D eigenvalue weighted by Crippen LogP contribution is -2.53. The van der Waals surface area contributed by atoms with Gasteiger partial charge < -0.3 is 20.5 Å². The minimum absolute atomic E-state index is 0.0353. The molecule has 0 saturated carbocycles. The molecular weight excluding hydrogens is 350 g/mol. The Labute approximate surface area is 164 Å². The van der Waals surface area contributed by atoms with Gasteiger partial charge in [-0.25, -0.2) is 4.98 Å². The molecule has 2 aromatic heterocycles. The van der Waals surface area contributed by atoms with Crippen LogP contribution in [0.5, 0.6) is 0 Å². The maximum Gasteiger partial charge on any atom is 0.223 e. The summed E-state index contributed by atoms with van der Waals surface area (Å²) in [5.74, 6) is 1.21. The van der Waals surface area contributed by atoms with Gasteiger partial charge in [-0.1, -0.05) is 12.1 Å². The van der Waals surface area contributed by atoms with Gasteiger partial charge in [0.1, 0.15) is 5.82 Å². The van der Waals surface area contributed by atoms with Crippen LogP contribution in [-0.2, 0) is 11.3 Å². The summed E-state index contributed by atoms with van der Waals surface area (Å²) in [7, 11) is 0. The highest BCUT2D eigenvalue weighted by atomic mass is 16.2. The Balaban J connectivity index is 1.37. The fourth-order valence-electron chi connectivity index (χ4n) is 4.87. The molecule has 2 fully saturated rings. The van der Waals surface area contributed by atoms with Gasteiger partial charge in [0.25, 0.3) is 0 Å². The van der Waals surface area contributed by atoms with E-state index in [9.17, 15) is 4.79 Å². The lowest BCUT2D eigenvalue weighted by molar-refractivity contribution is -0.132. The molecule has 0 radical (unpaired) electrons. The van der Waals surface area contributed by atoms with Gasteiger partial charge in [0.15, 0.2) is 0 Å². The predicted molar refractivity (Wildman–Crippen MR) is 111 cm³/mol. The third-order valence-corrected chi connectivity index (χ3v) is 6.48. The van der Waals surface area contributed by atoms with E-state index in [-0.39, 0.29) is 11.4 Å². The number of carbonyl (C=O) groups is 1. The monoisotopic (exact) mass is 375 g/mol. The number of amides is 1. The predicted octanol–water partition coefficient (Wildman–Crippen LogP) is 3.31. The number of hydrogen-bond acceptors (Lipinski definition) is 4. The molecule has 6 heteroatoms. The average Bonchev–Trinajstić information content (AvgIpc) is 3.30. The molecule has 0 bridgehead atoms. The average molecular weight is 375 g/mol. The fraction of sp³-hybridized carbons (Fsp3) is 0.364. The highest BCUT2D eigenvalue weighted by Gasteiger charge is 2.47. The highest BCUT2D eigenvalue weighted by Crippen LogP contribution is 2.41. The molecule has 0 aliphatic carbocycles. The largest absolute Gasteiger partial charge is 0.399 e. The topological polar surface area (TPSA) is 78.2 Å². The molecule has 1 aromatic carbocycles. The van der Waals surface area contributed by atoms with Crippen molar-refractivity contribution in [3.63, 3.8) is 0 Å². The number of anilines is 2. The summed E-state index contributed by atoms with van der Waals surface area (Å²) in [6, 6.07) is 12.1. The minimum atomic E-state index is -0.0353. The van der Waals surface area contributed by atoms with E-state index in [1.165, 1.54) is 10.9 Å². The fourth-order valence-corrected chi connectivity index (χ4v) is 4.87. The van der Waals surface area contributed by atoms with Crippen molar-refractivity contribution >= 4 is 28.3 Å². The van der Waals surface area contributed by atoms with Gasteiger partial charge in [-0.15, -0.1) is 0 Å². The summed E-state index contributed by atoms with van der Waals surface area (Å²) < 4.78 is 0.